The van der Waals surface area contributed by atoms with Crippen LogP contribution in [-0.4, -0.2) is 98.6 Å². The number of rotatable bonds is 13. The molecule has 4 rings (SSSR count). The van der Waals surface area contributed by atoms with Gasteiger partial charge in [-0.25, -0.2) is 24.4 Å². The number of aromatic hydroxyl groups is 2. The van der Waals surface area contributed by atoms with E-state index in [4.69, 9.17) is 65.7 Å². The number of amides is 1. The van der Waals surface area contributed by atoms with Crippen molar-refractivity contribution in [2.45, 2.75) is 77.8 Å². The highest BCUT2D eigenvalue weighted by Crippen LogP contribution is 2.30. The molecule has 5 unspecified atom stereocenters. The number of halogens is 5. The molecule has 330 valence electrons. The lowest BCUT2D eigenvalue weighted by atomic mass is 9.95. The van der Waals surface area contributed by atoms with Gasteiger partial charge in [-0.05, 0) is 39.8 Å². The van der Waals surface area contributed by atoms with Crippen molar-refractivity contribution in [1.29, 1.82) is 0 Å². The minimum atomic E-state index is -1.29. The van der Waals surface area contributed by atoms with Crippen molar-refractivity contribution in [3.63, 3.8) is 0 Å². The molecule has 17 nitrogen and oxygen atoms in total. The van der Waals surface area contributed by atoms with E-state index in [0.717, 1.165) is 0 Å². The van der Waals surface area contributed by atoms with E-state index in [1.54, 1.807) is 32.2 Å². The molecule has 0 fully saturated rings. The lowest BCUT2D eigenvalue weighted by molar-refractivity contribution is -0.403. The maximum Gasteiger partial charge on any atom is 0.364 e. The number of esters is 2. The zero-order chi connectivity index (χ0) is 44.7. The standard InChI is InChI=1S/C19H21Cl2N3O5.C12H18Cl2N2O2.C7H7NO4.ClH/c1-9(15-13(21)7-12(20)8-23-15)11(3)29-19(27)10(2)24-18(26)16-17(25)14(28-4)5-6-22-16;1-6(8(3)18-12(17)7(2)15)11-10(14)4-9(13)5-16-11;1-12-4-2-3-8-5(6(4)9)7(10)11;/h5-11,25H,1-4H3,(H,24,26);4-8,11,16H,15H2,1-3H3;2-3,9H,1H3,(H,10,11);1H/t9?,10-,11?;6?,7-,8?,11?;;/m00../s1. The van der Waals surface area contributed by atoms with E-state index in [9.17, 15) is 29.4 Å². The molecule has 60 heavy (non-hydrogen) atoms. The third-order valence-corrected chi connectivity index (χ3v) is 9.62. The maximum atomic E-state index is 12.4. The minimum Gasteiger partial charge on any atom is -1.00 e. The van der Waals surface area contributed by atoms with Crippen LogP contribution in [0.25, 0.3) is 0 Å². The fraction of sp³-hybridized carbons (Fsp3) is 0.395. The van der Waals surface area contributed by atoms with Crippen LogP contribution in [0.3, 0.4) is 0 Å². The first-order valence-corrected chi connectivity index (χ1v) is 19.2. The quantitative estimate of drug-likeness (QED) is 0.134. The van der Waals surface area contributed by atoms with Gasteiger partial charge in [-0.3, -0.25) is 9.78 Å². The predicted octanol–water partition coefficient (Wildman–Crippen LogP) is 2.21. The summed E-state index contributed by atoms with van der Waals surface area (Å²) in [5.41, 5.74) is 3.50. The molecule has 1 aliphatic rings. The molecule has 22 heteroatoms. The predicted molar refractivity (Wildman–Crippen MR) is 219 cm³/mol. The Bertz CT molecular complexity index is 2020. The largest absolute Gasteiger partial charge is 1.00 e. The zero-order valence-electron chi connectivity index (χ0n) is 33.7. The van der Waals surface area contributed by atoms with Gasteiger partial charge in [-0.1, -0.05) is 60.3 Å². The van der Waals surface area contributed by atoms with Gasteiger partial charge >= 0.3 is 17.9 Å². The highest BCUT2D eigenvalue weighted by Gasteiger charge is 2.30. The van der Waals surface area contributed by atoms with Crippen molar-refractivity contribution in [2.24, 2.45) is 5.92 Å². The Morgan fingerprint density at radius 1 is 0.833 bits per heavy atom. The molecule has 1 aliphatic heterocycles. The number of nitrogens with zero attached hydrogens (tertiary/aromatic N) is 3. The van der Waals surface area contributed by atoms with Crippen molar-refractivity contribution in [2.75, 3.05) is 14.2 Å². The molecule has 0 aliphatic carbocycles. The Labute approximate surface area is 373 Å². The molecule has 1 amide bonds. The third kappa shape index (κ3) is 15.4. The van der Waals surface area contributed by atoms with Gasteiger partial charge in [0, 0.05) is 53.8 Å². The molecular weight excluding hydrogens is 894 g/mol. The third-order valence-electron chi connectivity index (χ3n) is 8.55. The first-order valence-electron chi connectivity index (χ1n) is 17.7. The summed E-state index contributed by atoms with van der Waals surface area (Å²) in [4.78, 5) is 58.1. The first kappa shape index (κ1) is 53.2. The number of carboxylic acids is 1. The second-order valence-corrected chi connectivity index (χ2v) is 14.7. The average molecular weight is 941 g/mol. The topological polar surface area (TPSA) is 256 Å². The van der Waals surface area contributed by atoms with Crippen LogP contribution >= 0.6 is 46.4 Å². The van der Waals surface area contributed by atoms with Crippen molar-refractivity contribution in [3.8, 4) is 23.0 Å². The van der Waals surface area contributed by atoms with Gasteiger partial charge in [0.15, 0.2) is 40.4 Å². The van der Waals surface area contributed by atoms with Crippen molar-refractivity contribution >= 4 is 70.2 Å². The van der Waals surface area contributed by atoms with E-state index in [1.165, 1.54) is 51.9 Å². The number of allylic oxidation sites excluding steroid dienone is 2. The lowest BCUT2D eigenvalue weighted by Crippen LogP contribution is -3.00. The van der Waals surface area contributed by atoms with Gasteiger partial charge in [0.25, 0.3) is 5.91 Å². The number of carbonyl (C=O) groups is 4. The van der Waals surface area contributed by atoms with E-state index >= 15 is 0 Å². The Morgan fingerprint density at radius 3 is 1.87 bits per heavy atom. The van der Waals surface area contributed by atoms with Crippen LogP contribution < -0.4 is 38.2 Å². The summed E-state index contributed by atoms with van der Waals surface area (Å²) < 4.78 is 20.4. The van der Waals surface area contributed by atoms with Crippen LogP contribution in [-0.2, 0) is 19.1 Å². The summed E-state index contributed by atoms with van der Waals surface area (Å²) in [5, 5.41) is 35.2. The lowest BCUT2D eigenvalue weighted by Gasteiger charge is -2.30. The van der Waals surface area contributed by atoms with E-state index in [1.807, 2.05) is 20.8 Å². The fourth-order valence-electron chi connectivity index (χ4n) is 4.81. The van der Waals surface area contributed by atoms with Crippen LogP contribution in [0.4, 0.5) is 0 Å². The van der Waals surface area contributed by atoms with Gasteiger partial charge in [0.1, 0.15) is 18.2 Å². The van der Waals surface area contributed by atoms with E-state index in [2.05, 4.69) is 36.1 Å². The molecule has 0 radical (unpaired) electrons. The van der Waals surface area contributed by atoms with Gasteiger partial charge < -0.3 is 63.0 Å². The number of quaternary nitrogens is 1. The summed E-state index contributed by atoms with van der Waals surface area (Å²) in [6, 6.07) is 2.88. The molecule has 0 saturated heterocycles. The second-order valence-electron chi connectivity index (χ2n) is 13.0. The van der Waals surface area contributed by atoms with E-state index in [0.29, 0.717) is 25.8 Å². The monoisotopic (exact) mass is 938 g/mol. The number of hydrogen-bond donors (Lipinski definition) is 6. The summed E-state index contributed by atoms with van der Waals surface area (Å²) in [6.45, 7) is 10.5. The highest BCUT2D eigenvalue weighted by molar-refractivity contribution is 6.35. The SMILES string of the molecule is CC(OC(=O)[C@H](C)[NH3+])C(C)C1NC=C(Cl)C=C1Cl.COc1ccnc(C(=O)N[C@@H](C)C(=O)OC(C)C(C)c2ncc(Cl)cc2Cl)c1O.COc1ccnc(C(=O)O)c1O.[Cl-]. The van der Waals surface area contributed by atoms with Crippen molar-refractivity contribution in [1.82, 2.24) is 25.6 Å². The number of ether oxygens (including phenoxy) is 4. The van der Waals surface area contributed by atoms with E-state index < -0.39 is 47.2 Å². The molecule has 7 atom stereocenters. The number of dihydropyridines is 1. The number of aromatic carboxylic acids is 1. The number of aromatic nitrogens is 3. The number of carbonyl (C=O) groups excluding carboxylic acids is 3. The molecule has 0 spiro atoms. The summed E-state index contributed by atoms with van der Waals surface area (Å²) in [6.07, 6.45) is 6.57. The number of methoxy groups -OCH3 is 2. The molecule has 4 heterocycles. The van der Waals surface area contributed by atoms with Gasteiger partial charge in [0.2, 0.25) is 0 Å². The summed E-state index contributed by atoms with van der Waals surface area (Å²) >= 11 is 24.0. The molecule has 0 bridgehead atoms. The molecule has 3 aromatic heterocycles. The van der Waals surface area contributed by atoms with Crippen LogP contribution in [0.1, 0.15) is 74.1 Å². The van der Waals surface area contributed by atoms with Crippen molar-refractivity contribution in [3.05, 3.63) is 86.3 Å². The fourth-order valence-corrected chi connectivity index (χ4v) is 5.98. The summed E-state index contributed by atoms with van der Waals surface area (Å²) in [7, 11) is 2.68. The van der Waals surface area contributed by atoms with Crippen LogP contribution in [0, 0.1) is 5.92 Å². The molecule has 0 saturated carbocycles. The van der Waals surface area contributed by atoms with Crippen molar-refractivity contribution < 1.29 is 71.6 Å². The first-order chi connectivity index (χ1) is 27.6. The number of carboxylic acid groups (broad SMARTS) is 1. The average Bonchev–Trinajstić information content (AvgIpc) is 3.17. The second kappa shape index (κ2) is 25.1. The van der Waals surface area contributed by atoms with Gasteiger partial charge in [-0.15, -0.1) is 0 Å². The zero-order valence-corrected chi connectivity index (χ0v) is 37.5. The van der Waals surface area contributed by atoms with E-state index in [-0.39, 0.29) is 65.6 Å². The normalized spacial score (nSPS) is 15.8. The Kier molecular flexibility index (Phi) is 22.3. The molecule has 8 N–H and O–H groups in total. The van der Waals surface area contributed by atoms with Crippen LogP contribution in [0.5, 0.6) is 23.0 Å². The number of pyridine rings is 3. The Balaban J connectivity index is 0.000000494. The smallest absolute Gasteiger partial charge is 0.364 e. The number of hydrogen-bond acceptors (Lipinski definition) is 14. The summed E-state index contributed by atoms with van der Waals surface area (Å²) in [5.74, 6) is -3.96. The Morgan fingerprint density at radius 2 is 1.37 bits per heavy atom. The van der Waals surface area contributed by atoms with Gasteiger partial charge in [-0.2, -0.15) is 0 Å². The Hall–Kier alpha value is -4.78. The molecule has 0 aromatic carbocycles. The highest BCUT2D eigenvalue weighted by atomic mass is 35.5. The molecular formula is C38H47Cl5N6O11. The van der Waals surface area contributed by atoms with Crippen LogP contribution in [0.2, 0.25) is 10.0 Å². The number of nitrogens with one attached hydrogen (secondary N) is 2. The van der Waals surface area contributed by atoms with Gasteiger partial charge in [0.05, 0.1) is 41.0 Å². The van der Waals surface area contributed by atoms with Crippen LogP contribution in [0.15, 0.2) is 59.1 Å². The molecule has 3 aromatic rings. The maximum absolute atomic E-state index is 12.4. The minimum absolute atomic E-state index is 0.